The van der Waals surface area contributed by atoms with Crippen LogP contribution in [0, 0.1) is 0 Å². The average molecular weight is 376 g/mol. The van der Waals surface area contributed by atoms with Crippen molar-refractivity contribution in [3.05, 3.63) is 23.3 Å². The second-order valence-corrected chi connectivity index (χ2v) is 8.08. The number of hydrogen-bond donors (Lipinski definition) is 0. The van der Waals surface area contributed by atoms with E-state index in [0.29, 0.717) is 43.2 Å². The summed E-state index contributed by atoms with van der Waals surface area (Å²) < 4.78 is 16.6. The van der Waals surface area contributed by atoms with Gasteiger partial charge in [-0.05, 0) is 39.8 Å². The van der Waals surface area contributed by atoms with Gasteiger partial charge in [0.2, 0.25) is 5.78 Å². The summed E-state index contributed by atoms with van der Waals surface area (Å²) in [5.74, 6) is 1.34. The molecule has 1 fully saturated rings. The predicted molar refractivity (Wildman–Crippen MR) is 100 cm³/mol. The normalized spacial score (nSPS) is 20.3. The van der Waals surface area contributed by atoms with E-state index in [0.717, 1.165) is 5.56 Å². The van der Waals surface area contributed by atoms with Gasteiger partial charge in [0.1, 0.15) is 17.1 Å². The van der Waals surface area contributed by atoms with Gasteiger partial charge in [-0.2, -0.15) is 0 Å². The molecule has 7 heteroatoms. The van der Waals surface area contributed by atoms with Crippen molar-refractivity contribution in [1.82, 2.24) is 9.80 Å². The zero-order valence-electron chi connectivity index (χ0n) is 16.7. The van der Waals surface area contributed by atoms with Gasteiger partial charge in [0.05, 0.1) is 18.2 Å². The van der Waals surface area contributed by atoms with E-state index in [1.165, 1.54) is 0 Å². The lowest BCUT2D eigenvalue weighted by atomic mass is 10.0. The maximum Gasteiger partial charge on any atom is 0.410 e. The summed E-state index contributed by atoms with van der Waals surface area (Å²) in [7, 11) is 1.62. The zero-order valence-corrected chi connectivity index (χ0v) is 16.7. The topological polar surface area (TPSA) is 68.3 Å². The summed E-state index contributed by atoms with van der Waals surface area (Å²) in [5.41, 5.74) is 1.00. The molecule has 2 heterocycles. The maximum atomic E-state index is 12.3. The highest BCUT2D eigenvalue weighted by molar-refractivity contribution is 6.03. The molecule has 0 spiro atoms. The highest BCUT2D eigenvalue weighted by Crippen LogP contribution is 2.37. The number of ketones is 1. The van der Waals surface area contributed by atoms with Crippen molar-refractivity contribution in [2.45, 2.75) is 45.9 Å². The summed E-state index contributed by atoms with van der Waals surface area (Å²) in [6.45, 7) is 10.3. The Hall–Kier alpha value is -2.28. The first-order valence-corrected chi connectivity index (χ1v) is 9.27. The lowest BCUT2D eigenvalue weighted by molar-refractivity contribution is 0.00440. The van der Waals surface area contributed by atoms with E-state index in [-0.39, 0.29) is 24.5 Å². The Bertz CT molecular complexity index is 741. The van der Waals surface area contributed by atoms with Crippen LogP contribution in [0.4, 0.5) is 4.79 Å². The fourth-order valence-corrected chi connectivity index (χ4v) is 3.48. The molecule has 1 aromatic carbocycles. The number of carbonyl (C=O) groups is 2. The van der Waals surface area contributed by atoms with E-state index in [9.17, 15) is 9.59 Å². The first-order chi connectivity index (χ1) is 12.7. The molecule has 0 saturated carbocycles. The molecule has 0 N–H and O–H groups in total. The molecule has 0 aromatic heterocycles. The van der Waals surface area contributed by atoms with Crippen molar-refractivity contribution in [2.75, 3.05) is 33.4 Å². The molecule has 2 aliphatic rings. The summed E-state index contributed by atoms with van der Waals surface area (Å²) in [5, 5.41) is 0. The summed E-state index contributed by atoms with van der Waals surface area (Å²) in [4.78, 5) is 28.3. The van der Waals surface area contributed by atoms with Gasteiger partial charge in [-0.25, -0.2) is 4.79 Å². The molecular formula is C20H28N2O5. The van der Waals surface area contributed by atoms with Crippen LogP contribution in [0.1, 0.15) is 43.6 Å². The van der Waals surface area contributed by atoms with E-state index in [4.69, 9.17) is 14.2 Å². The van der Waals surface area contributed by atoms with Crippen LogP contribution in [0.25, 0.3) is 0 Å². The number of hydrogen-bond acceptors (Lipinski definition) is 6. The molecule has 148 valence electrons. The number of rotatable bonds is 3. The van der Waals surface area contributed by atoms with Crippen LogP contribution < -0.4 is 9.47 Å². The Balaban J connectivity index is 1.72. The molecule has 0 radical (unpaired) electrons. The molecule has 0 unspecified atom stereocenters. The molecule has 3 rings (SSSR count). The summed E-state index contributed by atoms with van der Waals surface area (Å²) in [6.07, 6.45) is -0.277. The van der Waals surface area contributed by atoms with Gasteiger partial charge in [0.15, 0.2) is 6.61 Å². The van der Waals surface area contributed by atoms with Crippen LogP contribution in [-0.2, 0) is 11.3 Å². The van der Waals surface area contributed by atoms with E-state index in [1.807, 2.05) is 26.8 Å². The largest absolute Gasteiger partial charge is 0.496 e. The zero-order chi connectivity index (χ0) is 19.8. The summed E-state index contributed by atoms with van der Waals surface area (Å²) in [6, 6.07) is 3.73. The van der Waals surface area contributed by atoms with Crippen molar-refractivity contribution in [1.29, 1.82) is 0 Å². The van der Waals surface area contributed by atoms with E-state index in [2.05, 4.69) is 11.8 Å². The number of carbonyl (C=O) groups excluding carboxylic acids is 2. The van der Waals surface area contributed by atoms with E-state index < -0.39 is 5.60 Å². The minimum absolute atomic E-state index is 0.00306. The van der Waals surface area contributed by atoms with E-state index in [1.54, 1.807) is 18.1 Å². The van der Waals surface area contributed by atoms with Gasteiger partial charge in [-0.1, -0.05) is 0 Å². The third-order valence-corrected chi connectivity index (χ3v) is 4.86. The molecule has 1 saturated heterocycles. The number of benzene rings is 1. The summed E-state index contributed by atoms with van der Waals surface area (Å²) >= 11 is 0. The van der Waals surface area contributed by atoms with Crippen LogP contribution in [0.15, 0.2) is 12.1 Å². The highest BCUT2D eigenvalue weighted by Gasteiger charge is 2.32. The number of amides is 1. The minimum Gasteiger partial charge on any atom is -0.496 e. The smallest absolute Gasteiger partial charge is 0.410 e. The SMILES string of the molecule is COc1ccc2c(c1CN1CCN(C(=O)OC(C)(C)C)C[C@@H]1C)OCC2=O. The molecule has 1 aromatic rings. The Labute approximate surface area is 160 Å². The van der Waals surface area contributed by atoms with Gasteiger partial charge >= 0.3 is 6.09 Å². The number of ether oxygens (including phenoxy) is 3. The number of Topliss-reactive ketones (excluding diaryl/α,β-unsaturated/α-hetero) is 1. The third kappa shape index (κ3) is 4.18. The van der Waals surface area contributed by atoms with Crippen molar-refractivity contribution >= 4 is 11.9 Å². The van der Waals surface area contributed by atoms with Crippen molar-refractivity contribution in [2.24, 2.45) is 0 Å². The Kier molecular flexibility index (Phi) is 5.33. The molecular weight excluding hydrogens is 348 g/mol. The first-order valence-electron chi connectivity index (χ1n) is 9.27. The van der Waals surface area contributed by atoms with Gasteiger partial charge < -0.3 is 19.1 Å². The maximum absolute atomic E-state index is 12.3. The number of nitrogens with zero attached hydrogens (tertiary/aromatic N) is 2. The Morgan fingerprint density at radius 2 is 2.04 bits per heavy atom. The van der Waals surface area contributed by atoms with Crippen LogP contribution in [0.3, 0.4) is 0 Å². The molecule has 2 aliphatic heterocycles. The Morgan fingerprint density at radius 3 is 2.67 bits per heavy atom. The van der Waals surface area contributed by atoms with Gasteiger partial charge in [-0.3, -0.25) is 9.69 Å². The van der Waals surface area contributed by atoms with Gasteiger partial charge in [0, 0.05) is 32.2 Å². The number of methoxy groups -OCH3 is 1. The van der Waals surface area contributed by atoms with Crippen molar-refractivity contribution in [3.63, 3.8) is 0 Å². The second kappa shape index (κ2) is 7.38. The molecule has 0 bridgehead atoms. The quantitative estimate of drug-likeness (QED) is 0.808. The molecule has 0 aliphatic carbocycles. The standard InChI is InChI=1S/C20H28N2O5/c1-13-10-22(19(24)27-20(2,3)4)9-8-21(13)11-15-17(25-5)7-6-14-16(23)12-26-18(14)15/h6-7,13H,8-12H2,1-5H3/t13-/m0/s1. The number of fused-ring (bicyclic) bond motifs is 1. The van der Waals surface area contributed by atoms with Crippen LogP contribution in [0.5, 0.6) is 11.5 Å². The van der Waals surface area contributed by atoms with Crippen LogP contribution in [-0.4, -0.2) is 66.7 Å². The first kappa shape index (κ1) is 19.5. The van der Waals surface area contributed by atoms with Gasteiger partial charge in [0.25, 0.3) is 0 Å². The lowest BCUT2D eigenvalue weighted by Crippen LogP contribution is -2.54. The molecule has 7 nitrogen and oxygen atoms in total. The third-order valence-electron chi connectivity index (χ3n) is 4.86. The molecule has 27 heavy (non-hydrogen) atoms. The number of piperazine rings is 1. The fraction of sp³-hybridized carbons (Fsp3) is 0.600. The fourth-order valence-electron chi connectivity index (χ4n) is 3.48. The minimum atomic E-state index is -0.501. The van der Waals surface area contributed by atoms with Crippen molar-refractivity contribution < 1.29 is 23.8 Å². The van der Waals surface area contributed by atoms with Crippen molar-refractivity contribution in [3.8, 4) is 11.5 Å². The van der Waals surface area contributed by atoms with Crippen LogP contribution in [0.2, 0.25) is 0 Å². The predicted octanol–water partition coefficient (Wildman–Crippen LogP) is 2.71. The second-order valence-electron chi connectivity index (χ2n) is 8.08. The average Bonchev–Trinajstić information content (AvgIpc) is 2.97. The molecule has 1 atom stereocenters. The monoisotopic (exact) mass is 376 g/mol. The van der Waals surface area contributed by atoms with Crippen LogP contribution >= 0.6 is 0 Å². The Morgan fingerprint density at radius 1 is 1.30 bits per heavy atom. The molecule has 1 amide bonds. The highest BCUT2D eigenvalue weighted by atomic mass is 16.6. The van der Waals surface area contributed by atoms with E-state index >= 15 is 0 Å². The lowest BCUT2D eigenvalue weighted by Gasteiger charge is -2.40. The van der Waals surface area contributed by atoms with Gasteiger partial charge in [-0.15, -0.1) is 0 Å².